The van der Waals surface area contributed by atoms with Crippen LogP contribution in [0.2, 0.25) is 0 Å². The fourth-order valence-electron chi connectivity index (χ4n) is 1.51. The summed E-state index contributed by atoms with van der Waals surface area (Å²) in [5, 5.41) is 3.17. The molecule has 72 valence electrons. The van der Waals surface area contributed by atoms with Crippen LogP contribution in [-0.2, 0) is 0 Å². The third kappa shape index (κ3) is 1.24. The van der Waals surface area contributed by atoms with Crippen molar-refractivity contribution in [2.45, 2.75) is 6.10 Å². The number of nitrogens with zero attached hydrogens (tertiary/aromatic N) is 2. The first-order valence-corrected chi connectivity index (χ1v) is 4.72. The molecule has 0 amide bonds. The van der Waals surface area contributed by atoms with Gasteiger partial charge in [0.15, 0.2) is 0 Å². The van der Waals surface area contributed by atoms with Crippen molar-refractivity contribution in [2.24, 2.45) is 0 Å². The van der Waals surface area contributed by atoms with Gasteiger partial charge in [0.05, 0.1) is 6.20 Å². The highest BCUT2D eigenvalue weighted by Gasteiger charge is 2.18. The number of aromatic nitrogens is 2. The SMILES string of the molecule is c1cn2cc(OC3CNC3)ccc2n1. The quantitative estimate of drug-likeness (QED) is 0.755. The van der Waals surface area contributed by atoms with Crippen molar-refractivity contribution >= 4 is 5.65 Å². The van der Waals surface area contributed by atoms with E-state index in [1.165, 1.54) is 0 Å². The third-order valence-electron chi connectivity index (χ3n) is 2.41. The number of ether oxygens (including phenoxy) is 1. The number of pyridine rings is 1. The van der Waals surface area contributed by atoms with E-state index in [4.69, 9.17) is 4.74 Å². The smallest absolute Gasteiger partial charge is 0.136 e. The van der Waals surface area contributed by atoms with Crippen LogP contribution in [0.3, 0.4) is 0 Å². The summed E-state index contributed by atoms with van der Waals surface area (Å²) in [6.07, 6.45) is 5.99. The molecule has 1 aliphatic heterocycles. The van der Waals surface area contributed by atoms with Crippen molar-refractivity contribution in [3.05, 3.63) is 30.7 Å². The van der Waals surface area contributed by atoms with Gasteiger partial charge in [0.2, 0.25) is 0 Å². The maximum absolute atomic E-state index is 5.72. The Balaban J connectivity index is 1.88. The maximum Gasteiger partial charge on any atom is 0.136 e. The first-order chi connectivity index (χ1) is 6.92. The zero-order valence-electron chi connectivity index (χ0n) is 7.68. The van der Waals surface area contributed by atoms with E-state index in [2.05, 4.69) is 10.3 Å². The molecule has 2 aromatic rings. The van der Waals surface area contributed by atoms with Crippen molar-refractivity contribution in [3.8, 4) is 5.75 Å². The van der Waals surface area contributed by atoms with E-state index in [1.54, 1.807) is 6.20 Å². The summed E-state index contributed by atoms with van der Waals surface area (Å²) in [5.74, 6) is 0.905. The van der Waals surface area contributed by atoms with Crippen molar-refractivity contribution < 1.29 is 4.74 Å². The molecule has 4 heteroatoms. The van der Waals surface area contributed by atoms with Gasteiger partial charge in [-0.05, 0) is 12.1 Å². The van der Waals surface area contributed by atoms with Crippen LogP contribution in [0.4, 0.5) is 0 Å². The van der Waals surface area contributed by atoms with E-state index in [1.807, 2.05) is 28.9 Å². The number of nitrogens with one attached hydrogen (secondary N) is 1. The first-order valence-electron chi connectivity index (χ1n) is 4.72. The molecule has 3 heterocycles. The Morgan fingerprint density at radius 2 is 2.36 bits per heavy atom. The zero-order chi connectivity index (χ0) is 9.38. The molecule has 3 rings (SSSR count). The molecule has 1 N–H and O–H groups in total. The number of hydrogen-bond donors (Lipinski definition) is 1. The molecule has 2 aromatic heterocycles. The normalized spacial score (nSPS) is 16.9. The standard InChI is InChI=1S/C10H11N3O/c1-2-10-12-3-4-13(10)7-8(1)14-9-5-11-6-9/h1-4,7,9,11H,5-6H2. The second kappa shape index (κ2) is 2.99. The second-order valence-corrected chi connectivity index (χ2v) is 3.46. The van der Waals surface area contributed by atoms with Crippen LogP contribution >= 0.6 is 0 Å². The fraction of sp³-hybridized carbons (Fsp3) is 0.300. The summed E-state index contributed by atoms with van der Waals surface area (Å²) < 4.78 is 7.68. The number of hydrogen-bond acceptors (Lipinski definition) is 3. The molecule has 0 unspecified atom stereocenters. The summed E-state index contributed by atoms with van der Waals surface area (Å²) in [5.41, 5.74) is 0.948. The van der Waals surface area contributed by atoms with Crippen LogP contribution in [0.25, 0.3) is 5.65 Å². The Hall–Kier alpha value is -1.55. The predicted octanol–water partition coefficient (Wildman–Crippen LogP) is 0.685. The number of rotatable bonds is 2. The van der Waals surface area contributed by atoms with Crippen LogP contribution in [0.1, 0.15) is 0 Å². The van der Waals surface area contributed by atoms with Gasteiger partial charge in [0.25, 0.3) is 0 Å². The Labute approximate surface area is 81.5 Å². The minimum Gasteiger partial charge on any atom is -0.486 e. The minimum absolute atomic E-state index is 0.330. The predicted molar refractivity (Wildman–Crippen MR) is 52.5 cm³/mol. The van der Waals surface area contributed by atoms with Gasteiger partial charge in [-0.15, -0.1) is 0 Å². The highest BCUT2D eigenvalue weighted by atomic mass is 16.5. The lowest BCUT2D eigenvalue weighted by Gasteiger charge is -2.27. The van der Waals surface area contributed by atoms with Gasteiger partial charge in [0, 0.05) is 25.5 Å². The summed E-state index contributed by atoms with van der Waals surface area (Å²) in [7, 11) is 0. The van der Waals surface area contributed by atoms with E-state index in [0.717, 1.165) is 24.5 Å². The molecule has 0 spiro atoms. The summed E-state index contributed by atoms with van der Waals surface area (Å²) in [6.45, 7) is 1.89. The first kappa shape index (κ1) is 7.82. The Morgan fingerprint density at radius 3 is 3.14 bits per heavy atom. The Kier molecular flexibility index (Phi) is 1.67. The van der Waals surface area contributed by atoms with Crippen LogP contribution in [0.5, 0.6) is 5.75 Å². The molecule has 0 saturated carbocycles. The van der Waals surface area contributed by atoms with Gasteiger partial charge in [-0.25, -0.2) is 4.98 Å². The van der Waals surface area contributed by atoms with Crippen LogP contribution in [0.15, 0.2) is 30.7 Å². The molecule has 0 aromatic carbocycles. The lowest BCUT2D eigenvalue weighted by Crippen LogP contribution is -2.50. The largest absolute Gasteiger partial charge is 0.486 e. The molecule has 4 nitrogen and oxygen atoms in total. The van der Waals surface area contributed by atoms with Crippen LogP contribution in [0, 0.1) is 0 Å². The molecular weight excluding hydrogens is 178 g/mol. The molecule has 14 heavy (non-hydrogen) atoms. The van der Waals surface area contributed by atoms with Gasteiger partial charge in [0.1, 0.15) is 17.5 Å². The Morgan fingerprint density at radius 1 is 1.43 bits per heavy atom. The van der Waals surface area contributed by atoms with Crippen LogP contribution < -0.4 is 10.1 Å². The van der Waals surface area contributed by atoms with E-state index in [-0.39, 0.29) is 0 Å². The van der Waals surface area contributed by atoms with Crippen molar-refractivity contribution in [3.63, 3.8) is 0 Å². The number of imidazole rings is 1. The van der Waals surface area contributed by atoms with E-state index >= 15 is 0 Å². The lowest BCUT2D eigenvalue weighted by atomic mass is 10.2. The monoisotopic (exact) mass is 189 g/mol. The van der Waals surface area contributed by atoms with Gasteiger partial charge in [-0.3, -0.25) is 0 Å². The highest BCUT2D eigenvalue weighted by molar-refractivity contribution is 5.41. The minimum atomic E-state index is 0.330. The molecule has 0 atom stereocenters. The highest BCUT2D eigenvalue weighted by Crippen LogP contribution is 2.14. The lowest BCUT2D eigenvalue weighted by molar-refractivity contribution is 0.141. The van der Waals surface area contributed by atoms with Gasteiger partial charge < -0.3 is 14.5 Å². The Bertz CT molecular complexity index is 447. The van der Waals surface area contributed by atoms with Gasteiger partial charge in [-0.2, -0.15) is 0 Å². The summed E-state index contributed by atoms with van der Waals surface area (Å²) in [4.78, 5) is 4.17. The molecule has 1 aliphatic rings. The summed E-state index contributed by atoms with van der Waals surface area (Å²) >= 11 is 0. The van der Waals surface area contributed by atoms with Crippen molar-refractivity contribution in [1.82, 2.24) is 14.7 Å². The zero-order valence-corrected chi connectivity index (χ0v) is 7.68. The molecule has 0 bridgehead atoms. The second-order valence-electron chi connectivity index (χ2n) is 3.46. The van der Waals surface area contributed by atoms with Crippen molar-refractivity contribution in [2.75, 3.05) is 13.1 Å². The van der Waals surface area contributed by atoms with Gasteiger partial charge >= 0.3 is 0 Å². The van der Waals surface area contributed by atoms with E-state index in [9.17, 15) is 0 Å². The summed E-state index contributed by atoms with van der Waals surface area (Å²) in [6, 6.07) is 3.92. The fourth-order valence-corrected chi connectivity index (χ4v) is 1.51. The topological polar surface area (TPSA) is 38.6 Å². The molecule has 1 saturated heterocycles. The van der Waals surface area contributed by atoms with E-state index < -0.39 is 0 Å². The van der Waals surface area contributed by atoms with Gasteiger partial charge in [-0.1, -0.05) is 0 Å². The van der Waals surface area contributed by atoms with Crippen LogP contribution in [-0.4, -0.2) is 28.6 Å². The van der Waals surface area contributed by atoms with E-state index in [0.29, 0.717) is 6.10 Å². The maximum atomic E-state index is 5.72. The molecule has 1 fully saturated rings. The molecular formula is C10H11N3O. The molecule has 0 radical (unpaired) electrons. The number of fused-ring (bicyclic) bond motifs is 1. The molecule has 0 aliphatic carbocycles. The average Bonchev–Trinajstić information content (AvgIpc) is 2.58. The third-order valence-corrected chi connectivity index (χ3v) is 2.41. The van der Waals surface area contributed by atoms with Crippen molar-refractivity contribution in [1.29, 1.82) is 0 Å². The average molecular weight is 189 g/mol.